The second-order valence-electron chi connectivity index (χ2n) is 4.84. The van der Waals surface area contributed by atoms with Crippen molar-refractivity contribution in [3.05, 3.63) is 66.0 Å². The summed E-state index contributed by atoms with van der Waals surface area (Å²) in [6.07, 6.45) is 1.66. The minimum atomic E-state index is 0.000882. The number of carbonyl (C=O) groups is 1. The van der Waals surface area contributed by atoms with Gasteiger partial charge in [0.05, 0.1) is 6.04 Å². The number of benzene rings is 1. The Labute approximate surface area is 118 Å². The van der Waals surface area contributed by atoms with E-state index in [1.807, 2.05) is 35.2 Å². The Hall–Kier alpha value is -2.20. The summed E-state index contributed by atoms with van der Waals surface area (Å²) in [5, 5.41) is 3.36. The molecule has 102 valence electrons. The van der Waals surface area contributed by atoms with Crippen LogP contribution < -0.4 is 5.32 Å². The maximum Gasteiger partial charge on any atom is 0.273 e. The third-order valence-corrected chi connectivity index (χ3v) is 3.57. The molecule has 1 N–H and O–H groups in total. The lowest BCUT2D eigenvalue weighted by atomic mass is 10.0. The molecular formula is C16H17N3O. The number of nitrogens with one attached hydrogen (secondary N) is 1. The summed E-state index contributed by atoms with van der Waals surface area (Å²) in [5.74, 6) is 0.000882. The monoisotopic (exact) mass is 267 g/mol. The van der Waals surface area contributed by atoms with Gasteiger partial charge in [-0.3, -0.25) is 9.78 Å². The van der Waals surface area contributed by atoms with Crippen LogP contribution >= 0.6 is 0 Å². The van der Waals surface area contributed by atoms with Crippen molar-refractivity contribution in [2.75, 3.05) is 19.6 Å². The molecule has 0 radical (unpaired) electrons. The predicted octanol–water partition coefficient (Wildman–Crippen LogP) is 1.87. The van der Waals surface area contributed by atoms with Crippen LogP contribution in [0.4, 0.5) is 0 Å². The number of amides is 1. The van der Waals surface area contributed by atoms with Crippen LogP contribution in [0.25, 0.3) is 0 Å². The first-order valence-corrected chi connectivity index (χ1v) is 6.84. The van der Waals surface area contributed by atoms with E-state index in [2.05, 4.69) is 22.4 Å². The predicted molar refractivity (Wildman–Crippen MR) is 77.3 cm³/mol. The van der Waals surface area contributed by atoms with Gasteiger partial charge in [-0.15, -0.1) is 0 Å². The highest BCUT2D eigenvalue weighted by Crippen LogP contribution is 2.23. The van der Waals surface area contributed by atoms with Gasteiger partial charge in [-0.2, -0.15) is 0 Å². The first-order valence-electron chi connectivity index (χ1n) is 6.84. The van der Waals surface area contributed by atoms with Crippen LogP contribution in [0.15, 0.2) is 54.7 Å². The lowest BCUT2D eigenvalue weighted by molar-refractivity contribution is 0.0628. The van der Waals surface area contributed by atoms with Crippen molar-refractivity contribution >= 4 is 5.91 Å². The van der Waals surface area contributed by atoms with Gasteiger partial charge >= 0.3 is 0 Å². The van der Waals surface area contributed by atoms with Gasteiger partial charge in [0.15, 0.2) is 0 Å². The van der Waals surface area contributed by atoms with Gasteiger partial charge in [-0.05, 0) is 17.7 Å². The summed E-state index contributed by atoms with van der Waals surface area (Å²) in [5.41, 5.74) is 1.67. The summed E-state index contributed by atoms with van der Waals surface area (Å²) in [7, 11) is 0. The van der Waals surface area contributed by atoms with Gasteiger partial charge in [0.2, 0.25) is 0 Å². The quantitative estimate of drug-likeness (QED) is 0.903. The highest BCUT2D eigenvalue weighted by atomic mass is 16.2. The Bertz CT molecular complexity index is 571. The van der Waals surface area contributed by atoms with E-state index in [-0.39, 0.29) is 11.9 Å². The minimum absolute atomic E-state index is 0.000882. The van der Waals surface area contributed by atoms with Gasteiger partial charge < -0.3 is 10.2 Å². The summed E-state index contributed by atoms with van der Waals surface area (Å²) in [6, 6.07) is 15.6. The Morgan fingerprint density at radius 1 is 1.15 bits per heavy atom. The molecule has 0 spiro atoms. The van der Waals surface area contributed by atoms with Gasteiger partial charge in [-0.25, -0.2) is 0 Å². The average Bonchev–Trinajstić information content (AvgIpc) is 2.56. The Morgan fingerprint density at radius 2 is 1.95 bits per heavy atom. The molecule has 1 amide bonds. The number of rotatable bonds is 2. The molecule has 1 aliphatic heterocycles. The van der Waals surface area contributed by atoms with Crippen molar-refractivity contribution in [3.8, 4) is 0 Å². The van der Waals surface area contributed by atoms with Crippen molar-refractivity contribution in [1.29, 1.82) is 0 Å². The molecule has 3 rings (SSSR count). The molecule has 1 saturated heterocycles. The first-order chi connectivity index (χ1) is 9.86. The van der Waals surface area contributed by atoms with E-state index < -0.39 is 0 Å². The molecule has 1 aromatic carbocycles. The molecule has 0 aliphatic carbocycles. The largest absolute Gasteiger partial charge is 0.328 e. The van der Waals surface area contributed by atoms with Gasteiger partial charge in [-0.1, -0.05) is 36.4 Å². The van der Waals surface area contributed by atoms with Gasteiger partial charge in [0, 0.05) is 25.8 Å². The van der Waals surface area contributed by atoms with E-state index in [9.17, 15) is 4.79 Å². The smallest absolute Gasteiger partial charge is 0.273 e. The fourth-order valence-electron chi connectivity index (χ4n) is 2.56. The molecule has 1 aliphatic rings. The normalized spacial score (nSPS) is 18.8. The van der Waals surface area contributed by atoms with Crippen LogP contribution in [-0.2, 0) is 0 Å². The molecule has 1 aromatic heterocycles. The van der Waals surface area contributed by atoms with Crippen molar-refractivity contribution in [2.24, 2.45) is 0 Å². The van der Waals surface area contributed by atoms with Gasteiger partial charge in [0.25, 0.3) is 5.91 Å². The van der Waals surface area contributed by atoms with Crippen molar-refractivity contribution in [3.63, 3.8) is 0 Å². The molecule has 1 fully saturated rings. The maximum atomic E-state index is 12.6. The Kier molecular flexibility index (Phi) is 3.74. The molecule has 1 unspecified atom stereocenters. The highest BCUT2D eigenvalue weighted by molar-refractivity contribution is 5.92. The number of aromatic nitrogens is 1. The SMILES string of the molecule is O=C(c1ccccn1)N1CCNCC1c1ccccc1. The topological polar surface area (TPSA) is 45.2 Å². The highest BCUT2D eigenvalue weighted by Gasteiger charge is 2.28. The Morgan fingerprint density at radius 3 is 2.70 bits per heavy atom. The van der Waals surface area contributed by atoms with Crippen LogP contribution in [0.1, 0.15) is 22.1 Å². The minimum Gasteiger partial charge on any atom is -0.328 e. The zero-order chi connectivity index (χ0) is 13.8. The Balaban J connectivity index is 1.88. The standard InChI is InChI=1S/C16H17N3O/c20-16(14-8-4-5-9-18-14)19-11-10-17-12-15(19)13-6-2-1-3-7-13/h1-9,15,17H,10-12H2. The number of hydrogen-bond donors (Lipinski definition) is 1. The van der Waals surface area contributed by atoms with Crippen molar-refractivity contribution in [2.45, 2.75) is 6.04 Å². The first kappa shape index (κ1) is 12.8. The molecule has 1 atom stereocenters. The van der Waals surface area contributed by atoms with Crippen molar-refractivity contribution < 1.29 is 4.79 Å². The third kappa shape index (κ3) is 2.56. The summed E-state index contributed by atoms with van der Waals surface area (Å²) in [4.78, 5) is 18.7. The van der Waals surface area contributed by atoms with Crippen LogP contribution in [0, 0.1) is 0 Å². The number of hydrogen-bond acceptors (Lipinski definition) is 3. The summed E-state index contributed by atoms with van der Waals surface area (Å²) >= 11 is 0. The lowest BCUT2D eigenvalue weighted by Gasteiger charge is -2.36. The summed E-state index contributed by atoms with van der Waals surface area (Å²) < 4.78 is 0. The third-order valence-electron chi connectivity index (χ3n) is 3.57. The molecule has 4 heteroatoms. The number of nitrogens with zero attached hydrogens (tertiary/aromatic N) is 2. The van der Waals surface area contributed by atoms with E-state index in [1.54, 1.807) is 12.3 Å². The molecule has 2 heterocycles. The molecule has 2 aromatic rings. The van der Waals surface area contributed by atoms with E-state index in [0.717, 1.165) is 18.7 Å². The van der Waals surface area contributed by atoms with E-state index >= 15 is 0 Å². The van der Waals surface area contributed by atoms with E-state index in [1.165, 1.54) is 0 Å². The van der Waals surface area contributed by atoms with Crippen LogP contribution in [-0.4, -0.2) is 35.4 Å². The van der Waals surface area contributed by atoms with Crippen LogP contribution in [0.5, 0.6) is 0 Å². The van der Waals surface area contributed by atoms with E-state index in [4.69, 9.17) is 0 Å². The fourth-order valence-corrected chi connectivity index (χ4v) is 2.56. The fraction of sp³-hybridized carbons (Fsp3) is 0.250. The van der Waals surface area contributed by atoms with E-state index in [0.29, 0.717) is 12.2 Å². The van der Waals surface area contributed by atoms with Gasteiger partial charge in [0.1, 0.15) is 5.69 Å². The number of pyridine rings is 1. The number of piperazine rings is 1. The molecular weight excluding hydrogens is 250 g/mol. The second kappa shape index (κ2) is 5.84. The summed E-state index contributed by atoms with van der Waals surface area (Å²) in [6.45, 7) is 2.31. The lowest BCUT2D eigenvalue weighted by Crippen LogP contribution is -2.48. The van der Waals surface area contributed by atoms with Crippen molar-refractivity contribution in [1.82, 2.24) is 15.2 Å². The second-order valence-corrected chi connectivity index (χ2v) is 4.84. The molecule has 0 bridgehead atoms. The zero-order valence-corrected chi connectivity index (χ0v) is 11.2. The molecule has 0 saturated carbocycles. The molecule has 4 nitrogen and oxygen atoms in total. The van der Waals surface area contributed by atoms with Crippen LogP contribution in [0.3, 0.4) is 0 Å². The average molecular weight is 267 g/mol. The van der Waals surface area contributed by atoms with Crippen LogP contribution in [0.2, 0.25) is 0 Å². The number of carbonyl (C=O) groups excluding carboxylic acids is 1. The maximum absolute atomic E-state index is 12.6. The zero-order valence-electron chi connectivity index (χ0n) is 11.2. The molecule has 20 heavy (non-hydrogen) atoms.